The average Bonchev–Trinajstić information content (AvgIpc) is 3.04. The van der Waals surface area contributed by atoms with Crippen LogP contribution in [0, 0.1) is 6.92 Å². The van der Waals surface area contributed by atoms with E-state index in [1.807, 2.05) is 0 Å². The number of hydrogen-bond donors (Lipinski definition) is 5. The summed E-state index contributed by atoms with van der Waals surface area (Å²) in [5, 5.41) is 43.9. The molecule has 0 unspecified atom stereocenters. The number of azo groups is 2. The van der Waals surface area contributed by atoms with Crippen LogP contribution in [0.5, 0.6) is 11.5 Å². The minimum absolute atomic E-state index is 0.000402. The molecule has 250 valence electrons. The Morgan fingerprint density at radius 3 is 2.19 bits per heavy atom. The van der Waals surface area contributed by atoms with Crippen LogP contribution in [0.2, 0.25) is 0 Å². The van der Waals surface area contributed by atoms with Crippen LogP contribution in [0.1, 0.15) is 5.56 Å². The Morgan fingerprint density at radius 1 is 0.792 bits per heavy atom. The number of anilines is 1. The molecule has 5 N–H and O–H groups in total. The lowest BCUT2D eigenvalue weighted by molar-refractivity contribution is -0.432. The first kappa shape index (κ1) is 34.6. The Kier molecular flexibility index (Phi) is 9.94. The maximum absolute atomic E-state index is 12.1. The summed E-state index contributed by atoms with van der Waals surface area (Å²) in [6.07, 6.45) is 0. The van der Waals surface area contributed by atoms with Crippen LogP contribution in [0.25, 0.3) is 21.5 Å². The van der Waals surface area contributed by atoms with Gasteiger partial charge in [0.25, 0.3) is 20.2 Å². The number of phenolic OH excluding ortho intramolecular Hbond substituents is 1. The Hall–Kier alpha value is -4.73. The van der Waals surface area contributed by atoms with Crippen molar-refractivity contribution >= 4 is 82.3 Å². The fraction of sp³-hybridized carbons (Fsp3) is 0.103. The van der Waals surface area contributed by atoms with Gasteiger partial charge < -0.3 is 15.2 Å². The van der Waals surface area contributed by atoms with Gasteiger partial charge in [0.05, 0.1) is 35.4 Å². The van der Waals surface area contributed by atoms with E-state index < -0.39 is 30.0 Å². The summed E-state index contributed by atoms with van der Waals surface area (Å²) in [6.45, 7) is 1.66. The van der Waals surface area contributed by atoms with Crippen LogP contribution in [0.3, 0.4) is 0 Å². The van der Waals surface area contributed by atoms with E-state index in [0.717, 1.165) is 17.8 Å². The molecule has 0 amide bonds. The Balaban J connectivity index is 1.56. The Bertz CT molecular complexity index is 2350. The van der Waals surface area contributed by atoms with Crippen molar-refractivity contribution in [2.75, 3.05) is 19.5 Å². The molecule has 0 saturated heterocycles. The maximum Gasteiger partial charge on any atom is 0.295 e. The van der Waals surface area contributed by atoms with Crippen molar-refractivity contribution in [1.82, 2.24) is 0 Å². The second-order valence-corrected chi connectivity index (χ2v) is 13.5. The maximum atomic E-state index is 12.1. The molecule has 5 aromatic carbocycles. The third-order valence-electron chi connectivity index (χ3n) is 6.98. The highest BCUT2D eigenvalue weighted by atomic mass is 32.2. The summed E-state index contributed by atoms with van der Waals surface area (Å²) in [6, 6.07) is 15.6. The predicted molar refractivity (Wildman–Crippen MR) is 175 cm³/mol. The molecule has 16 nitrogen and oxygen atoms in total. The van der Waals surface area contributed by atoms with Gasteiger partial charge in [0.15, 0.2) is 5.75 Å². The van der Waals surface area contributed by atoms with Gasteiger partial charge in [-0.15, -0.1) is 14.6 Å². The number of aryl methyl sites for hydroxylation is 1. The lowest BCUT2D eigenvalue weighted by Gasteiger charge is -2.11. The molecule has 48 heavy (non-hydrogen) atoms. The van der Waals surface area contributed by atoms with Gasteiger partial charge in [0.2, 0.25) is 0 Å². The molecule has 5 aromatic rings. The second-order valence-electron chi connectivity index (χ2n) is 9.94. The van der Waals surface area contributed by atoms with Crippen LogP contribution in [0.15, 0.2) is 102 Å². The number of phenols is 1. The number of ether oxygens (including phenoxy) is 1. The molecule has 5 rings (SSSR count). The molecule has 0 bridgehead atoms. The normalized spacial score (nSPS) is 12.5. The lowest BCUT2D eigenvalue weighted by atomic mass is 10.1. The molecule has 0 heterocycles. The number of rotatable bonds is 11. The predicted octanol–water partition coefficient (Wildman–Crippen LogP) is 7.81. The molecular formula is C29H25N5O11S3. The largest absolute Gasteiger partial charge is 0.505 e. The van der Waals surface area contributed by atoms with E-state index in [2.05, 4.69) is 35.1 Å². The highest BCUT2D eigenvalue weighted by Gasteiger charge is 2.22. The summed E-state index contributed by atoms with van der Waals surface area (Å²) in [7, 11) is -6.51. The summed E-state index contributed by atoms with van der Waals surface area (Å²) >= 11 is 0.584. The van der Waals surface area contributed by atoms with Crippen molar-refractivity contribution in [2.45, 2.75) is 21.6 Å². The highest BCUT2D eigenvalue weighted by Crippen LogP contribution is 2.45. The van der Waals surface area contributed by atoms with E-state index in [4.69, 9.17) is 9.99 Å². The fourth-order valence-corrected chi connectivity index (χ4v) is 6.67. The minimum Gasteiger partial charge on any atom is -0.505 e. The number of benzene rings is 5. The fourth-order valence-electron chi connectivity index (χ4n) is 4.75. The lowest BCUT2D eigenvalue weighted by Crippen LogP contribution is -2.03. The van der Waals surface area contributed by atoms with Crippen molar-refractivity contribution in [3.63, 3.8) is 0 Å². The van der Waals surface area contributed by atoms with Crippen LogP contribution in [-0.2, 0) is 29.6 Å². The molecule has 0 radical (unpaired) electrons. The van der Waals surface area contributed by atoms with Gasteiger partial charge in [-0.1, -0.05) is 17.2 Å². The molecule has 0 aliphatic rings. The van der Waals surface area contributed by atoms with Crippen LogP contribution >= 0.6 is 12.0 Å². The number of aromatic hydroxyl groups is 1. The summed E-state index contributed by atoms with van der Waals surface area (Å²) in [5.41, 5.74) is 1.58. The van der Waals surface area contributed by atoms with Crippen LogP contribution in [0.4, 0.5) is 28.4 Å². The van der Waals surface area contributed by atoms with Crippen molar-refractivity contribution in [3.05, 3.63) is 72.3 Å². The van der Waals surface area contributed by atoms with Gasteiger partial charge in [-0.25, -0.2) is 5.26 Å². The van der Waals surface area contributed by atoms with E-state index in [1.54, 1.807) is 44.3 Å². The molecule has 19 heteroatoms. The standard InChI is InChI=1S/C29H25N5O11S3/c1-15-9-23(33-34-28-25(46-45-44-36)11-16-10-17(30-2)7-8-19(16)29(28)35)24(43-3)14-22(15)32-31-18-12-21-20(27(13-18)48(40,41)42)5-4-6-26(21)47(37,38)39/h4-14,30,35-36H,1-3H3,(H,37,38,39)(H,40,41,42). The van der Waals surface area contributed by atoms with E-state index in [9.17, 15) is 31.0 Å². The minimum atomic E-state index is -4.85. The molecule has 0 atom stereocenters. The smallest absolute Gasteiger partial charge is 0.295 e. The molecule has 0 fully saturated rings. The molecule has 0 aliphatic carbocycles. The average molecular weight is 716 g/mol. The van der Waals surface area contributed by atoms with E-state index in [1.165, 1.54) is 31.4 Å². The zero-order chi connectivity index (χ0) is 34.8. The van der Waals surface area contributed by atoms with Gasteiger partial charge in [-0.2, -0.15) is 27.1 Å². The summed E-state index contributed by atoms with van der Waals surface area (Å²) in [4.78, 5) is -0.979. The van der Waals surface area contributed by atoms with Crippen molar-refractivity contribution in [1.29, 1.82) is 0 Å². The third-order valence-corrected chi connectivity index (χ3v) is 9.41. The quantitative estimate of drug-likeness (QED) is 0.0289. The van der Waals surface area contributed by atoms with E-state index in [-0.39, 0.29) is 49.9 Å². The number of nitrogens with one attached hydrogen (secondary N) is 1. The summed E-state index contributed by atoms with van der Waals surface area (Å²) in [5.74, 6) is -0.0481. The number of methoxy groups -OCH3 is 1. The molecule has 0 saturated carbocycles. The van der Waals surface area contributed by atoms with Gasteiger partial charge in [-0.3, -0.25) is 9.11 Å². The summed E-state index contributed by atoms with van der Waals surface area (Å²) < 4.78 is 77.8. The monoisotopic (exact) mass is 715 g/mol. The highest BCUT2D eigenvalue weighted by molar-refractivity contribution is 7.94. The van der Waals surface area contributed by atoms with Crippen LogP contribution < -0.4 is 10.1 Å². The first-order chi connectivity index (χ1) is 22.7. The molecule has 0 aromatic heterocycles. The zero-order valence-corrected chi connectivity index (χ0v) is 27.5. The second kappa shape index (κ2) is 13.8. The zero-order valence-electron chi connectivity index (χ0n) is 25.0. The van der Waals surface area contributed by atoms with E-state index in [0.29, 0.717) is 28.4 Å². The third kappa shape index (κ3) is 7.22. The number of hydrogen-bond acceptors (Lipinski definition) is 15. The van der Waals surface area contributed by atoms with Crippen molar-refractivity contribution in [3.8, 4) is 11.5 Å². The first-order valence-corrected chi connectivity index (χ1v) is 17.0. The molecule has 0 spiro atoms. The van der Waals surface area contributed by atoms with Gasteiger partial charge in [0.1, 0.15) is 26.9 Å². The number of nitrogens with zero attached hydrogens (tertiary/aromatic N) is 4. The Morgan fingerprint density at radius 2 is 1.52 bits per heavy atom. The molecular weight excluding hydrogens is 691 g/mol. The topological polar surface area (TPSA) is 238 Å². The number of fused-ring (bicyclic) bond motifs is 2. The SMILES string of the molecule is CNc1ccc2c(O)c(N=Nc3cc(C)c(N=Nc4cc(S(=O)(=O)O)c5cccc(S(=O)(=O)O)c5c4)cc3OC)c(SOOO)cc2c1. The first-order valence-electron chi connectivity index (χ1n) is 13.4. The van der Waals surface area contributed by atoms with Crippen LogP contribution in [-0.4, -0.2) is 50.5 Å². The van der Waals surface area contributed by atoms with Crippen molar-refractivity contribution < 1.29 is 50.4 Å². The molecule has 0 aliphatic heterocycles. The van der Waals surface area contributed by atoms with Gasteiger partial charge in [-0.05, 0) is 66.4 Å². The Labute approximate surface area is 277 Å². The van der Waals surface area contributed by atoms with Crippen molar-refractivity contribution in [2.24, 2.45) is 20.5 Å². The van der Waals surface area contributed by atoms with E-state index >= 15 is 0 Å². The van der Waals surface area contributed by atoms with Gasteiger partial charge in [0, 0.05) is 35.0 Å². The van der Waals surface area contributed by atoms with Gasteiger partial charge >= 0.3 is 0 Å².